The minimum absolute atomic E-state index is 0.0455. The second-order valence-corrected chi connectivity index (χ2v) is 11.4. The van der Waals surface area contributed by atoms with Crippen LogP contribution in [0.25, 0.3) is 0 Å². The Hall–Kier alpha value is -2.87. The molecule has 1 saturated heterocycles. The van der Waals surface area contributed by atoms with E-state index in [9.17, 15) is 26.7 Å². The van der Waals surface area contributed by atoms with Gasteiger partial charge in [0.25, 0.3) is 0 Å². The van der Waals surface area contributed by atoms with Crippen molar-refractivity contribution >= 4 is 31.9 Å². The van der Waals surface area contributed by atoms with E-state index in [2.05, 4.69) is 4.72 Å². The van der Waals surface area contributed by atoms with Crippen LogP contribution in [0.4, 0.5) is 10.5 Å². The highest BCUT2D eigenvalue weighted by Gasteiger charge is 2.42. The molecule has 0 bridgehead atoms. The van der Waals surface area contributed by atoms with Gasteiger partial charge in [-0.05, 0) is 48.7 Å². The molecule has 1 aliphatic rings. The second-order valence-electron chi connectivity index (χ2n) is 7.74. The van der Waals surface area contributed by atoms with E-state index in [4.69, 9.17) is 15.2 Å². The van der Waals surface area contributed by atoms with Crippen molar-refractivity contribution in [2.45, 2.75) is 42.2 Å². The van der Waals surface area contributed by atoms with Crippen molar-refractivity contribution in [3.05, 3.63) is 54.1 Å². The number of hydrogen-bond acceptors (Lipinski definition) is 8. The molecule has 0 radical (unpaired) electrons. The average Bonchev–Trinajstić information content (AvgIpc) is 2.97. The van der Waals surface area contributed by atoms with Crippen LogP contribution in [0, 0.1) is 0 Å². The number of sulfonamides is 2. The van der Waals surface area contributed by atoms with Gasteiger partial charge in [-0.3, -0.25) is 0 Å². The lowest BCUT2D eigenvalue weighted by molar-refractivity contribution is -0.0125. The van der Waals surface area contributed by atoms with Gasteiger partial charge in [0.2, 0.25) is 20.0 Å². The highest BCUT2D eigenvalue weighted by Crippen LogP contribution is 2.28. The summed E-state index contributed by atoms with van der Waals surface area (Å²) in [6.45, 7) is -0.0455. The van der Waals surface area contributed by atoms with Crippen LogP contribution in [-0.4, -0.2) is 58.3 Å². The fraction of sp³-hybridized carbons (Fsp3) is 0.381. The SMILES string of the molecule is COc1ccc(S(=O)(=O)N2CCCCC(NS(=O)(=O)Cc3ccccc3N)C2OC(=O)O)cc1. The summed E-state index contributed by atoms with van der Waals surface area (Å²) in [5.41, 5.74) is 6.50. The van der Waals surface area contributed by atoms with E-state index in [-0.39, 0.29) is 23.5 Å². The summed E-state index contributed by atoms with van der Waals surface area (Å²) in [6, 6.07) is 10.9. The number of nitrogen functional groups attached to an aromatic ring is 1. The van der Waals surface area contributed by atoms with Gasteiger partial charge in [-0.15, -0.1) is 0 Å². The number of hydrogen-bond donors (Lipinski definition) is 3. The number of nitrogens with one attached hydrogen (secondary N) is 1. The number of nitrogens with two attached hydrogens (primary N) is 1. The van der Waals surface area contributed by atoms with E-state index in [0.29, 0.717) is 24.2 Å². The topological polar surface area (TPSA) is 165 Å². The van der Waals surface area contributed by atoms with Gasteiger partial charge in [0.1, 0.15) is 5.75 Å². The molecule has 2 atom stereocenters. The summed E-state index contributed by atoms with van der Waals surface area (Å²) >= 11 is 0. The molecule has 1 aliphatic heterocycles. The minimum atomic E-state index is -4.22. The minimum Gasteiger partial charge on any atom is -0.497 e. The third kappa shape index (κ3) is 6.17. The maximum absolute atomic E-state index is 13.4. The van der Waals surface area contributed by atoms with E-state index in [1.807, 2.05) is 0 Å². The first-order valence-corrected chi connectivity index (χ1v) is 13.5. The Morgan fingerprint density at radius 1 is 1.12 bits per heavy atom. The molecule has 1 fully saturated rings. The molecule has 1 heterocycles. The second kappa shape index (κ2) is 10.6. The number of carbonyl (C=O) groups is 1. The predicted octanol–water partition coefficient (Wildman–Crippen LogP) is 1.96. The summed E-state index contributed by atoms with van der Waals surface area (Å²) in [5.74, 6) is -0.0137. The number of methoxy groups -OCH3 is 1. The Labute approximate surface area is 198 Å². The lowest BCUT2D eigenvalue weighted by atomic mass is 10.1. The molecule has 0 amide bonds. The average molecular weight is 514 g/mol. The summed E-state index contributed by atoms with van der Waals surface area (Å²) in [7, 11) is -6.81. The summed E-state index contributed by atoms with van der Waals surface area (Å²) in [4.78, 5) is 11.4. The van der Waals surface area contributed by atoms with Gasteiger partial charge in [0.15, 0.2) is 6.23 Å². The Morgan fingerprint density at radius 2 is 1.79 bits per heavy atom. The van der Waals surface area contributed by atoms with Crippen molar-refractivity contribution in [3.8, 4) is 5.75 Å². The molecule has 0 spiro atoms. The molecule has 0 saturated carbocycles. The quantitative estimate of drug-likeness (QED) is 0.353. The molecular formula is C21H27N3O8S2. The van der Waals surface area contributed by atoms with Crippen LogP contribution >= 0.6 is 0 Å². The Kier molecular flexibility index (Phi) is 8.02. The van der Waals surface area contributed by atoms with Crippen molar-refractivity contribution in [1.29, 1.82) is 0 Å². The van der Waals surface area contributed by atoms with E-state index < -0.39 is 44.2 Å². The smallest absolute Gasteiger partial charge is 0.497 e. The van der Waals surface area contributed by atoms with Crippen molar-refractivity contribution in [2.24, 2.45) is 0 Å². The van der Waals surface area contributed by atoms with Crippen LogP contribution in [-0.2, 0) is 30.5 Å². The van der Waals surface area contributed by atoms with Crippen LogP contribution in [0.5, 0.6) is 5.75 Å². The zero-order valence-electron chi connectivity index (χ0n) is 18.5. The maximum atomic E-state index is 13.4. The van der Waals surface area contributed by atoms with Crippen LogP contribution in [0.2, 0.25) is 0 Å². The lowest BCUT2D eigenvalue weighted by Crippen LogP contribution is -2.54. The normalized spacial score (nSPS) is 19.8. The van der Waals surface area contributed by atoms with Gasteiger partial charge in [0, 0.05) is 12.2 Å². The van der Waals surface area contributed by atoms with Crippen LogP contribution < -0.4 is 15.2 Å². The number of para-hydroxylation sites is 1. The largest absolute Gasteiger partial charge is 0.507 e. The number of benzene rings is 2. The van der Waals surface area contributed by atoms with Gasteiger partial charge in [-0.25, -0.2) is 26.4 Å². The van der Waals surface area contributed by atoms with Crippen LogP contribution in [0.3, 0.4) is 0 Å². The Morgan fingerprint density at radius 3 is 2.41 bits per heavy atom. The van der Waals surface area contributed by atoms with E-state index >= 15 is 0 Å². The fourth-order valence-corrected chi connectivity index (χ4v) is 6.78. The summed E-state index contributed by atoms with van der Waals surface area (Å²) in [6.07, 6.45) is -2.31. The third-order valence-electron chi connectivity index (χ3n) is 5.39. The first-order valence-electron chi connectivity index (χ1n) is 10.4. The molecule has 0 aromatic heterocycles. The molecule has 13 heteroatoms. The van der Waals surface area contributed by atoms with E-state index in [1.165, 1.54) is 31.4 Å². The molecule has 2 aromatic carbocycles. The first kappa shape index (κ1) is 25.7. The number of ether oxygens (including phenoxy) is 2. The van der Waals surface area contributed by atoms with Gasteiger partial charge in [0.05, 0.1) is 23.8 Å². The zero-order chi connectivity index (χ0) is 24.9. The summed E-state index contributed by atoms with van der Waals surface area (Å²) < 4.78 is 66.0. The summed E-state index contributed by atoms with van der Waals surface area (Å²) in [5, 5.41) is 9.31. The molecule has 2 unspecified atom stereocenters. The molecule has 2 aromatic rings. The highest BCUT2D eigenvalue weighted by molar-refractivity contribution is 7.89. The Balaban J connectivity index is 1.93. The number of anilines is 1. The first-order chi connectivity index (χ1) is 16.0. The fourth-order valence-electron chi connectivity index (χ4n) is 3.75. The van der Waals surface area contributed by atoms with Crippen LogP contribution in [0.15, 0.2) is 53.4 Å². The van der Waals surface area contributed by atoms with Crippen molar-refractivity contribution in [3.63, 3.8) is 0 Å². The molecule has 3 rings (SSSR count). The molecule has 11 nitrogen and oxygen atoms in total. The Bertz CT molecular complexity index is 1220. The number of rotatable bonds is 8. The van der Waals surface area contributed by atoms with Crippen LogP contribution in [0.1, 0.15) is 24.8 Å². The lowest BCUT2D eigenvalue weighted by Gasteiger charge is -2.32. The van der Waals surface area contributed by atoms with Crippen molar-refractivity contribution in [1.82, 2.24) is 9.03 Å². The van der Waals surface area contributed by atoms with Crippen molar-refractivity contribution in [2.75, 3.05) is 19.4 Å². The van der Waals surface area contributed by atoms with E-state index in [0.717, 1.165) is 4.31 Å². The zero-order valence-corrected chi connectivity index (χ0v) is 20.1. The molecular weight excluding hydrogens is 486 g/mol. The molecule has 4 N–H and O–H groups in total. The third-order valence-corrected chi connectivity index (χ3v) is 8.62. The monoisotopic (exact) mass is 513 g/mol. The highest BCUT2D eigenvalue weighted by atomic mass is 32.2. The van der Waals surface area contributed by atoms with Gasteiger partial charge in [-0.2, -0.15) is 4.31 Å². The number of carboxylic acid groups (broad SMARTS) is 1. The maximum Gasteiger partial charge on any atom is 0.507 e. The van der Waals surface area contributed by atoms with Gasteiger partial charge >= 0.3 is 6.16 Å². The molecule has 34 heavy (non-hydrogen) atoms. The number of nitrogens with zero attached hydrogens (tertiary/aromatic N) is 1. The molecule has 186 valence electrons. The van der Waals surface area contributed by atoms with E-state index in [1.54, 1.807) is 24.3 Å². The van der Waals surface area contributed by atoms with Gasteiger partial charge in [-0.1, -0.05) is 24.6 Å². The molecule has 0 aliphatic carbocycles. The predicted molar refractivity (Wildman–Crippen MR) is 124 cm³/mol. The van der Waals surface area contributed by atoms with Crippen molar-refractivity contribution < 1.29 is 36.2 Å². The van der Waals surface area contributed by atoms with Gasteiger partial charge < -0.3 is 20.3 Å². The standard InChI is InChI=1S/C21H27N3O8S2/c1-31-16-9-11-17(12-10-16)34(29,30)24-13-5-4-8-19(20(24)32-21(25)26)23-33(27,28)14-15-6-2-3-7-18(15)22/h2-3,6-7,9-12,19-20,23H,4-5,8,13-14,22H2,1H3,(H,25,26).